The van der Waals surface area contributed by atoms with Crippen LogP contribution in [-0.4, -0.2) is 29.9 Å². The van der Waals surface area contributed by atoms with E-state index in [0.717, 1.165) is 47.8 Å². The van der Waals surface area contributed by atoms with Crippen LogP contribution in [0, 0.1) is 6.92 Å². The Kier molecular flexibility index (Phi) is 3.92. The number of aromatic nitrogens is 6. The van der Waals surface area contributed by atoms with Gasteiger partial charge in [-0.05, 0) is 31.2 Å². The molecule has 0 atom stereocenters. The number of hydrogen-bond donors (Lipinski definition) is 0. The van der Waals surface area contributed by atoms with E-state index >= 15 is 0 Å². The standard InChI is InChI=1S/C19H12N6S2/c1-11-16(27-19(24-11)13-8-20-10-21-9-13)14-4-3-12-7-15(26-18(12)25-14)17-22-5-2-6-23-17/h2-10H,1H3. The molecule has 0 saturated heterocycles. The van der Waals surface area contributed by atoms with Crippen LogP contribution in [0.25, 0.3) is 42.1 Å². The first-order valence-corrected chi connectivity index (χ1v) is 9.82. The Hall–Kier alpha value is -3.10. The van der Waals surface area contributed by atoms with E-state index in [4.69, 9.17) is 4.98 Å². The van der Waals surface area contributed by atoms with Crippen molar-refractivity contribution in [3.63, 3.8) is 0 Å². The number of thiazole rings is 1. The van der Waals surface area contributed by atoms with E-state index in [1.54, 1.807) is 47.5 Å². The highest BCUT2D eigenvalue weighted by Crippen LogP contribution is 2.36. The SMILES string of the molecule is Cc1nc(-c2cncnc2)sc1-c1ccc2cc(-c3ncccn3)sc2n1. The lowest BCUT2D eigenvalue weighted by atomic mass is 10.2. The van der Waals surface area contributed by atoms with Crippen molar-refractivity contribution in [2.45, 2.75) is 6.92 Å². The third-order valence-electron chi connectivity index (χ3n) is 4.01. The van der Waals surface area contributed by atoms with Crippen LogP contribution >= 0.6 is 22.7 Å². The number of fused-ring (bicyclic) bond motifs is 1. The molecule has 5 aromatic rings. The first kappa shape index (κ1) is 16.1. The fourth-order valence-electron chi connectivity index (χ4n) is 2.75. The van der Waals surface area contributed by atoms with Gasteiger partial charge in [0.2, 0.25) is 0 Å². The smallest absolute Gasteiger partial charge is 0.169 e. The Bertz CT molecular complexity index is 1230. The maximum Gasteiger partial charge on any atom is 0.169 e. The highest BCUT2D eigenvalue weighted by atomic mass is 32.1. The summed E-state index contributed by atoms with van der Waals surface area (Å²) in [6.45, 7) is 2.00. The van der Waals surface area contributed by atoms with Gasteiger partial charge in [0.25, 0.3) is 0 Å². The van der Waals surface area contributed by atoms with Gasteiger partial charge in [-0.1, -0.05) is 0 Å². The molecule has 6 nitrogen and oxygen atoms in total. The molecule has 0 amide bonds. The first-order chi connectivity index (χ1) is 13.3. The topological polar surface area (TPSA) is 77.3 Å². The third-order valence-corrected chi connectivity index (χ3v) is 6.28. The maximum absolute atomic E-state index is 4.86. The number of aryl methyl sites for hydroxylation is 1. The number of hydrogen-bond acceptors (Lipinski definition) is 8. The molecule has 0 bridgehead atoms. The lowest BCUT2D eigenvalue weighted by Gasteiger charge is -1.97. The zero-order valence-electron chi connectivity index (χ0n) is 14.2. The summed E-state index contributed by atoms with van der Waals surface area (Å²) >= 11 is 3.20. The number of thiophene rings is 1. The van der Waals surface area contributed by atoms with Crippen molar-refractivity contribution in [3.05, 3.63) is 61.1 Å². The molecule has 5 heterocycles. The predicted octanol–water partition coefficient (Wildman–Crippen LogP) is 4.64. The van der Waals surface area contributed by atoms with Gasteiger partial charge in [-0.3, -0.25) is 0 Å². The van der Waals surface area contributed by atoms with Crippen molar-refractivity contribution >= 4 is 32.9 Å². The number of pyridine rings is 1. The molecule has 0 radical (unpaired) electrons. The highest BCUT2D eigenvalue weighted by molar-refractivity contribution is 7.21. The van der Waals surface area contributed by atoms with Crippen LogP contribution in [0.1, 0.15) is 5.69 Å². The maximum atomic E-state index is 4.86. The molecule has 0 N–H and O–H groups in total. The van der Waals surface area contributed by atoms with Gasteiger partial charge in [-0.25, -0.2) is 29.9 Å². The zero-order valence-corrected chi connectivity index (χ0v) is 15.8. The van der Waals surface area contributed by atoms with Crippen LogP contribution in [0.2, 0.25) is 0 Å². The van der Waals surface area contributed by atoms with Gasteiger partial charge in [0.15, 0.2) is 5.82 Å². The van der Waals surface area contributed by atoms with Gasteiger partial charge in [0.1, 0.15) is 16.2 Å². The van der Waals surface area contributed by atoms with Gasteiger partial charge in [0, 0.05) is 35.7 Å². The molecule has 0 unspecified atom stereocenters. The van der Waals surface area contributed by atoms with E-state index in [-0.39, 0.29) is 0 Å². The van der Waals surface area contributed by atoms with Crippen molar-refractivity contribution in [1.82, 2.24) is 29.9 Å². The Morgan fingerprint density at radius 1 is 0.926 bits per heavy atom. The fourth-order valence-corrected chi connectivity index (χ4v) is 4.74. The van der Waals surface area contributed by atoms with E-state index in [0.29, 0.717) is 0 Å². The van der Waals surface area contributed by atoms with E-state index < -0.39 is 0 Å². The van der Waals surface area contributed by atoms with Crippen LogP contribution in [-0.2, 0) is 0 Å². The summed E-state index contributed by atoms with van der Waals surface area (Å²) in [5.74, 6) is 0.724. The van der Waals surface area contributed by atoms with Crippen LogP contribution in [0.4, 0.5) is 0 Å². The molecule has 0 aliphatic heterocycles. The summed E-state index contributed by atoms with van der Waals surface area (Å²) in [6, 6.07) is 8.02. The van der Waals surface area contributed by atoms with Crippen LogP contribution < -0.4 is 0 Å². The average molecular weight is 388 g/mol. The molecule has 0 fully saturated rings. The highest BCUT2D eigenvalue weighted by Gasteiger charge is 2.14. The summed E-state index contributed by atoms with van der Waals surface area (Å²) in [5.41, 5.74) is 2.79. The summed E-state index contributed by atoms with van der Waals surface area (Å²) in [6.07, 6.45) is 8.57. The van der Waals surface area contributed by atoms with Gasteiger partial charge in [-0.15, -0.1) is 22.7 Å². The molecule has 130 valence electrons. The molecule has 0 aromatic carbocycles. The van der Waals surface area contributed by atoms with Gasteiger partial charge in [0.05, 0.1) is 21.1 Å². The van der Waals surface area contributed by atoms with Crippen molar-refractivity contribution in [3.8, 4) is 31.8 Å². The van der Waals surface area contributed by atoms with Crippen LogP contribution in [0.15, 0.2) is 55.4 Å². The molecular formula is C19H12N6S2. The summed E-state index contributed by atoms with van der Waals surface area (Å²) in [5, 5.41) is 1.99. The Labute approximate surface area is 162 Å². The predicted molar refractivity (Wildman–Crippen MR) is 108 cm³/mol. The zero-order chi connectivity index (χ0) is 18.2. The molecule has 0 saturated carbocycles. The van der Waals surface area contributed by atoms with Gasteiger partial charge < -0.3 is 0 Å². The van der Waals surface area contributed by atoms with Crippen molar-refractivity contribution in [1.29, 1.82) is 0 Å². The molecule has 0 spiro atoms. The Morgan fingerprint density at radius 2 is 1.74 bits per heavy atom. The quantitative estimate of drug-likeness (QED) is 0.448. The molecular weight excluding hydrogens is 376 g/mol. The number of nitrogens with zero attached hydrogens (tertiary/aromatic N) is 6. The molecule has 0 aliphatic carbocycles. The lowest BCUT2D eigenvalue weighted by Crippen LogP contribution is -1.82. The van der Waals surface area contributed by atoms with E-state index in [2.05, 4.69) is 37.1 Å². The monoisotopic (exact) mass is 388 g/mol. The van der Waals surface area contributed by atoms with E-state index in [1.807, 2.05) is 19.1 Å². The van der Waals surface area contributed by atoms with Crippen molar-refractivity contribution in [2.24, 2.45) is 0 Å². The largest absolute Gasteiger partial charge is 0.244 e. The second-order valence-corrected chi connectivity index (χ2v) is 7.86. The van der Waals surface area contributed by atoms with Crippen LogP contribution in [0.3, 0.4) is 0 Å². The van der Waals surface area contributed by atoms with E-state index in [9.17, 15) is 0 Å². The number of rotatable bonds is 3. The minimum Gasteiger partial charge on any atom is -0.244 e. The second kappa shape index (κ2) is 6.57. The summed E-state index contributed by atoms with van der Waals surface area (Å²) in [4.78, 5) is 29.4. The van der Waals surface area contributed by atoms with Crippen LogP contribution in [0.5, 0.6) is 0 Å². The Balaban J connectivity index is 1.57. The average Bonchev–Trinajstić information content (AvgIpc) is 3.32. The molecule has 5 rings (SSSR count). The normalized spacial score (nSPS) is 11.1. The summed E-state index contributed by atoms with van der Waals surface area (Å²) in [7, 11) is 0. The van der Waals surface area contributed by atoms with Crippen molar-refractivity contribution < 1.29 is 0 Å². The second-order valence-electron chi connectivity index (χ2n) is 5.83. The van der Waals surface area contributed by atoms with Gasteiger partial charge >= 0.3 is 0 Å². The molecule has 27 heavy (non-hydrogen) atoms. The van der Waals surface area contributed by atoms with Crippen molar-refractivity contribution in [2.75, 3.05) is 0 Å². The molecule has 8 heteroatoms. The fraction of sp³-hybridized carbons (Fsp3) is 0.0526. The minimum absolute atomic E-state index is 0.724. The minimum atomic E-state index is 0.724. The molecule has 0 aliphatic rings. The first-order valence-electron chi connectivity index (χ1n) is 8.19. The third kappa shape index (κ3) is 2.98. The lowest BCUT2D eigenvalue weighted by molar-refractivity contribution is 1.16. The van der Waals surface area contributed by atoms with E-state index in [1.165, 1.54) is 6.33 Å². The summed E-state index contributed by atoms with van der Waals surface area (Å²) < 4.78 is 0. The Morgan fingerprint density at radius 3 is 2.56 bits per heavy atom. The molecule has 5 aromatic heterocycles. The van der Waals surface area contributed by atoms with Gasteiger partial charge in [-0.2, -0.15) is 0 Å².